The predicted octanol–water partition coefficient (Wildman–Crippen LogP) is 3.04. The van der Waals surface area contributed by atoms with Crippen LogP contribution in [-0.4, -0.2) is 0 Å². The first-order valence-corrected chi connectivity index (χ1v) is 11.5. The second-order valence-electron chi connectivity index (χ2n) is 6.46. The maximum atomic E-state index is 2.89. The third-order valence-electron chi connectivity index (χ3n) is 3.64. The van der Waals surface area contributed by atoms with Gasteiger partial charge >= 0.3 is 0 Å². The molecule has 0 fully saturated rings. The first-order valence-electron chi connectivity index (χ1n) is 11.5. The van der Waals surface area contributed by atoms with E-state index in [1.807, 2.05) is 182 Å². The Morgan fingerprint density at radius 2 is 0.286 bits per heavy atom. The van der Waals surface area contributed by atoms with Crippen molar-refractivity contribution in [3.63, 3.8) is 0 Å². The van der Waals surface area contributed by atoms with Crippen molar-refractivity contribution < 1.29 is 65.7 Å². The SMILES string of the molecule is P.P.[Cl-].[Cl-].[Pd].[Pd].[c-]1ccccc1.[c-]1ccccc1.[c-]1ccccc1.[c-]1ccccc1.[c-]1ccccc1.[c-]1ccccc1. The molecule has 0 radical (unpaired) electrons. The maximum absolute atomic E-state index is 2.89. The van der Waals surface area contributed by atoms with E-state index in [-0.39, 0.29) is 85.5 Å². The molecule has 6 aromatic rings. The minimum atomic E-state index is 0. The van der Waals surface area contributed by atoms with Crippen LogP contribution in [0.25, 0.3) is 0 Å². The topological polar surface area (TPSA) is 0 Å². The Hall–Kier alpha value is -1.92. The van der Waals surface area contributed by atoms with Gasteiger partial charge in [-0.3, -0.25) is 0 Å². The molecule has 0 saturated heterocycles. The van der Waals surface area contributed by atoms with E-state index in [4.69, 9.17) is 0 Å². The number of hydrogen-bond donors (Lipinski definition) is 0. The monoisotopic (exact) mass is 812 g/mol. The number of halogens is 2. The fourth-order valence-electron chi connectivity index (χ4n) is 2.05. The zero-order valence-corrected chi connectivity index (χ0v) is 30.6. The molecule has 0 aliphatic rings. The minimum absolute atomic E-state index is 0. The van der Waals surface area contributed by atoms with Crippen molar-refractivity contribution in [1.29, 1.82) is 0 Å². The van der Waals surface area contributed by atoms with Gasteiger partial charge in [0.2, 0.25) is 0 Å². The van der Waals surface area contributed by atoms with E-state index in [0.717, 1.165) is 0 Å². The summed E-state index contributed by atoms with van der Waals surface area (Å²) in [4.78, 5) is 0. The van der Waals surface area contributed by atoms with Gasteiger partial charge in [-0.15, -0.1) is 0 Å². The van der Waals surface area contributed by atoms with E-state index in [9.17, 15) is 0 Å². The second-order valence-corrected chi connectivity index (χ2v) is 6.46. The first-order chi connectivity index (χ1) is 18.0. The van der Waals surface area contributed by atoms with Crippen LogP contribution >= 0.6 is 19.8 Å². The molecule has 0 bridgehead atoms. The molecule has 6 heteroatoms. The van der Waals surface area contributed by atoms with Gasteiger partial charge in [0.15, 0.2) is 0 Å². The molecule has 0 amide bonds. The van der Waals surface area contributed by atoms with Crippen LogP contribution in [0.4, 0.5) is 0 Å². The summed E-state index contributed by atoms with van der Waals surface area (Å²) < 4.78 is 0. The Morgan fingerprint density at radius 3 is 0.310 bits per heavy atom. The average Bonchev–Trinajstić information content (AvgIpc) is 3.04. The molecule has 42 heavy (non-hydrogen) atoms. The molecule has 0 nitrogen and oxygen atoms in total. The van der Waals surface area contributed by atoms with Gasteiger partial charge in [-0.25, -0.2) is 0 Å². The number of hydrogen-bond acceptors (Lipinski definition) is 0. The van der Waals surface area contributed by atoms with Crippen molar-refractivity contribution in [1.82, 2.24) is 0 Å². The van der Waals surface area contributed by atoms with E-state index in [0.29, 0.717) is 0 Å². The summed E-state index contributed by atoms with van der Waals surface area (Å²) in [5, 5.41) is 0. The maximum Gasteiger partial charge on any atom is 0 e. The van der Waals surface area contributed by atoms with Crippen molar-refractivity contribution in [2.24, 2.45) is 0 Å². The Labute approximate surface area is 301 Å². The van der Waals surface area contributed by atoms with Crippen LogP contribution in [0.5, 0.6) is 0 Å². The largest absolute Gasteiger partial charge is 1.00 e. The number of benzene rings is 6. The third kappa shape index (κ3) is 45.1. The van der Waals surface area contributed by atoms with E-state index >= 15 is 0 Å². The molecule has 0 aliphatic heterocycles. The van der Waals surface area contributed by atoms with Crippen molar-refractivity contribution in [2.45, 2.75) is 0 Å². The molecule has 0 spiro atoms. The van der Waals surface area contributed by atoms with Gasteiger partial charge < -0.3 is 24.8 Å². The van der Waals surface area contributed by atoms with Gasteiger partial charge in [-0.05, 0) is 0 Å². The fraction of sp³-hybridized carbons (Fsp3) is 0. The van der Waals surface area contributed by atoms with Crippen molar-refractivity contribution in [3.8, 4) is 0 Å². The summed E-state index contributed by atoms with van der Waals surface area (Å²) in [6.07, 6.45) is 0. The van der Waals surface area contributed by atoms with E-state index in [1.165, 1.54) is 0 Å². The third-order valence-corrected chi connectivity index (χ3v) is 3.64. The standard InChI is InChI=1S/6C6H5.2ClH.2H3P.2Pd/c6*1-2-4-6-5-3-1;;;;;;/h6*1-5H;2*1H;2*1H3;;/q6*-1;;;;;;/p-2. The van der Waals surface area contributed by atoms with Crippen molar-refractivity contribution in [2.75, 3.05) is 0 Å². The summed E-state index contributed by atoms with van der Waals surface area (Å²) in [7, 11) is 0. The van der Waals surface area contributed by atoms with Crippen molar-refractivity contribution >= 4 is 19.8 Å². The molecule has 6 aromatic carbocycles. The van der Waals surface area contributed by atoms with E-state index in [1.54, 1.807) is 0 Å². The van der Waals surface area contributed by atoms with Crippen LogP contribution in [0.2, 0.25) is 0 Å². The molecule has 0 aliphatic carbocycles. The van der Waals surface area contributed by atoms with Crippen LogP contribution in [0.3, 0.4) is 0 Å². The smallest absolute Gasteiger partial charge is 0 e. The molecular weight excluding hydrogens is 778 g/mol. The zero-order valence-electron chi connectivity index (χ0n) is 23.1. The van der Waals surface area contributed by atoms with Crippen LogP contribution in [-0.2, 0) is 40.8 Å². The minimum Gasteiger partial charge on any atom is -1.00 e. The van der Waals surface area contributed by atoms with Crippen LogP contribution in [0.1, 0.15) is 0 Å². The average molecular weight is 814 g/mol. The molecule has 2 unspecified atom stereocenters. The van der Waals surface area contributed by atoms with Gasteiger partial charge in [-0.1, -0.05) is 0 Å². The molecular formula is C36H36Cl2P2Pd2-8. The Kier molecular flexibility index (Phi) is 61.2. The summed E-state index contributed by atoms with van der Waals surface area (Å²) in [5.74, 6) is 0. The van der Waals surface area contributed by atoms with Gasteiger partial charge in [-0.2, -0.15) is 238 Å². The second kappa shape index (κ2) is 48.8. The predicted molar refractivity (Wildman–Crippen MR) is 174 cm³/mol. The Balaban J connectivity index is -0.0000000900. The van der Waals surface area contributed by atoms with Crippen LogP contribution in [0.15, 0.2) is 182 Å². The molecule has 232 valence electrons. The van der Waals surface area contributed by atoms with E-state index < -0.39 is 0 Å². The Bertz CT molecular complexity index is 710. The summed E-state index contributed by atoms with van der Waals surface area (Å²) in [5.41, 5.74) is 0. The van der Waals surface area contributed by atoms with Gasteiger partial charge in [0, 0.05) is 40.8 Å². The van der Waals surface area contributed by atoms with Crippen molar-refractivity contribution in [3.05, 3.63) is 218 Å². The van der Waals surface area contributed by atoms with Gasteiger partial charge in [0.25, 0.3) is 0 Å². The normalized spacial score (nSPS) is 6.86. The molecule has 0 N–H and O–H groups in total. The Morgan fingerprint density at radius 1 is 0.190 bits per heavy atom. The zero-order chi connectivity index (χ0) is 25.5. The van der Waals surface area contributed by atoms with Gasteiger partial charge in [0.05, 0.1) is 0 Å². The quantitative estimate of drug-likeness (QED) is 0.126. The number of rotatable bonds is 0. The van der Waals surface area contributed by atoms with Crippen LogP contribution in [0, 0.1) is 36.4 Å². The fourth-order valence-corrected chi connectivity index (χ4v) is 2.05. The molecule has 0 saturated carbocycles. The molecule has 2 atom stereocenters. The summed E-state index contributed by atoms with van der Waals surface area (Å²) in [6, 6.07) is 75.0. The summed E-state index contributed by atoms with van der Waals surface area (Å²) in [6.45, 7) is 0. The summed E-state index contributed by atoms with van der Waals surface area (Å²) >= 11 is 0. The first kappa shape index (κ1) is 52.7. The molecule has 6 rings (SSSR count). The van der Waals surface area contributed by atoms with Gasteiger partial charge in [0.1, 0.15) is 0 Å². The molecule has 0 aromatic heterocycles. The van der Waals surface area contributed by atoms with E-state index in [2.05, 4.69) is 36.4 Å². The molecule has 0 heterocycles. The van der Waals surface area contributed by atoms with Crippen LogP contribution < -0.4 is 24.8 Å².